The summed E-state index contributed by atoms with van der Waals surface area (Å²) in [6.45, 7) is 1.98. The van der Waals surface area contributed by atoms with E-state index in [4.69, 9.17) is 0 Å². The average molecular weight is 273 g/mol. The number of hydrogen-bond acceptors (Lipinski definition) is 2. The summed E-state index contributed by atoms with van der Waals surface area (Å²) >= 11 is 0. The lowest BCUT2D eigenvalue weighted by Crippen LogP contribution is -2.25. The number of aromatic nitrogens is 1. The van der Waals surface area contributed by atoms with Crippen molar-refractivity contribution < 1.29 is 4.79 Å². The molecule has 1 atom stereocenters. The number of Topliss-reactive ketones (excluding diaryl/α,β-unsaturated/α-hetero) is 1. The number of hydrogen-bond donors (Lipinski definition) is 0. The number of nitrogens with zero attached hydrogens (tertiary/aromatic N) is 1. The highest BCUT2D eigenvalue weighted by Crippen LogP contribution is 2.37. The van der Waals surface area contributed by atoms with Crippen LogP contribution in [0.4, 0.5) is 0 Å². The largest absolute Gasteiger partial charge is 0.293 e. The van der Waals surface area contributed by atoms with Gasteiger partial charge in [-0.15, -0.1) is 0 Å². The Morgan fingerprint density at radius 1 is 1.10 bits per heavy atom. The van der Waals surface area contributed by atoms with Crippen molar-refractivity contribution in [3.05, 3.63) is 77.0 Å². The van der Waals surface area contributed by atoms with E-state index in [0.717, 1.165) is 28.6 Å². The van der Waals surface area contributed by atoms with Crippen LogP contribution in [0.15, 0.2) is 54.6 Å². The summed E-state index contributed by atoms with van der Waals surface area (Å²) in [6.07, 6.45) is 0.860. The third-order valence-electron chi connectivity index (χ3n) is 4.28. The van der Waals surface area contributed by atoms with E-state index in [1.807, 2.05) is 49.4 Å². The highest BCUT2D eigenvalue weighted by atomic mass is 16.1. The van der Waals surface area contributed by atoms with E-state index < -0.39 is 0 Å². The first-order valence-electron chi connectivity index (χ1n) is 7.22. The Morgan fingerprint density at radius 2 is 1.95 bits per heavy atom. The minimum atomic E-state index is 0.0251. The molecule has 0 bridgehead atoms. The predicted octanol–water partition coefficient (Wildman–Crippen LogP) is 4.07. The quantitative estimate of drug-likeness (QED) is 0.659. The second-order valence-corrected chi connectivity index (χ2v) is 5.68. The van der Waals surface area contributed by atoms with Gasteiger partial charge >= 0.3 is 0 Å². The van der Waals surface area contributed by atoms with Crippen LogP contribution in [0.3, 0.4) is 0 Å². The van der Waals surface area contributed by atoms with Crippen molar-refractivity contribution in [3.63, 3.8) is 0 Å². The molecule has 0 spiro atoms. The fourth-order valence-corrected chi connectivity index (χ4v) is 3.07. The zero-order valence-corrected chi connectivity index (χ0v) is 11.8. The molecule has 1 heterocycles. The molecule has 0 saturated heterocycles. The van der Waals surface area contributed by atoms with Gasteiger partial charge in [0.05, 0.1) is 11.4 Å². The number of rotatable bonds is 2. The molecule has 2 aromatic carbocycles. The molecular formula is C19H15NO. The Bertz CT molecular complexity index is 866. The number of pyridine rings is 1. The van der Waals surface area contributed by atoms with E-state index >= 15 is 0 Å². The molecule has 0 saturated carbocycles. The minimum Gasteiger partial charge on any atom is -0.293 e. The van der Waals surface area contributed by atoms with Gasteiger partial charge in [-0.25, -0.2) is 0 Å². The SMILES string of the molecule is Cc1ccc2cc(C(=O)C3Cc4ccccc43)ccc2n1. The van der Waals surface area contributed by atoms with Crippen molar-refractivity contribution in [1.29, 1.82) is 0 Å². The molecule has 2 heteroatoms. The van der Waals surface area contributed by atoms with E-state index in [9.17, 15) is 4.79 Å². The Kier molecular flexibility index (Phi) is 2.64. The summed E-state index contributed by atoms with van der Waals surface area (Å²) in [7, 11) is 0. The van der Waals surface area contributed by atoms with Crippen molar-refractivity contribution in [2.75, 3.05) is 0 Å². The first-order valence-corrected chi connectivity index (χ1v) is 7.22. The average Bonchev–Trinajstić information content (AvgIpc) is 2.48. The maximum Gasteiger partial charge on any atom is 0.170 e. The van der Waals surface area contributed by atoms with E-state index in [1.54, 1.807) is 0 Å². The van der Waals surface area contributed by atoms with Crippen molar-refractivity contribution in [1.82, 2.24) is 4.98 Å². The second kappa shape index (κ2) is 4.52. The highest BCUT2D eigenvalue weighted by molar-refractivity contribution is 6.04. The van der Waals surface area contributed by atoms with Crippen molar-refractivity contribution >= 4 is 16.7 Å². The highest BCUT2D eigenvalue weighted by Gasteiger charge is 2.32. The Hall–Kier alpha value is -2.48. The maximum atomic E-state index is 12.7. The molecule has 0 fully saturated rings. The van der Waals surface area contributed by atoms with Crippen LogP contribution >= 0.6 is 0 Å². The van der Waals surface area contributed by atoms with Gasteiger partial charge in [0, 0.05) is 16.6 Å². The van der Waals surface area contributed by atoms with E-state index in [-0.39, 0.29) is 11.7 Å². The van der Waals surface area contributed by atoms with E-state index in [0.29, 0.717) is 0 Å². The van der Waals surface area contributed by atoms with Crippen molar-refractivity contribution in [2.24, 2.45) is 0 Å². The molecule has 1 aromatic heterocycles. The Morgan fingerprint density at radius 3 is 2.81 bits per heavy atom. The number of benzene rings is 2. The van der Waals surface area contributed by atoms with Crippen LogP contribution in [0.1, 0.15) is 33.1 Å². The molecule has 2 nitrogen and oxygen atoms in total. The molecule has 1 aliphatic carbocycles. The fourth-order valence-electron chi connectivity index (χ4n) is 3.07. The number of carbonyl (C=O) groups is 1. The zero-order chi connectivity index (χ0) is 14.4. The van der Waals surface area contributed by atoms with E-state index in [2.05, 4.69) is 17.1 Å². The molecule has 0 radical (unpaired) electrons. The molecule has 0 amide bonds. The zero-order valence-electron chi connectivity index (χ0n) is 11.8. The monoisotopic (exact) mass is 273 g/mol. The normalized spacial score (nSPS) is 16.3. The topological polar surface area (TPSA) is 30.0 Å². The molecule has 102 valence electrons. The van der Waals surface area contributed by atoms with Crippen LogP contribution < -0.4 is 0 Å². The molecule has 4 rings (SSSR count). The van der Waals surface area contributed by atoms with Crippen molar-refractivity contribution in [3.8, 4) is 0 Å². The lowest BCUT2D eigenvalue weighted by Gasteiger charge is -2.28. The van der Waals surface area contributed by atoms with E-state index in [1.165, 1.54) is 11.1 Å². The van der Waals surface area contributed by atoms with Crippen LogP contribution in [0, 0.1) is 6.92 Å². The van der Waals surface area contributed by atoms with Crippen LogP contribution in [-0.2, 0) is 6.42 Å². The number of carbonyl (C=O) groups excluding carboxylic acids is 1. The lowest BCUT2D eigenvalue weighted by molar-refractivity contribution is 0.0949. The summed E-state index contributed by atoms with van der Waals surface area (Å²) in [5.74, 6) is 0.244. The predicted molar refractivity (Wildman–Crippen MR) is 83.7 cm³/mol. The molecule has 0 N–H and O–H groups in total. The first-order chi connectivity index (χ1) is 10.2. The van der Waals surface area contributed by atoms with Gasteiger partial charge in [0.15, 0.2) is 5.78 Å². The molecule has 1 aliphatic rings. The van der Waals surface area contributed by atoms with Crippen LogP contribution in [0.25, 0.3) is 10.9 Å². The smallest absolute Gasteiger partial charge is 0.170 e. The minimum absolute atomic E-state index is 0.0251. The van der Waals surface area contributed by atoms with Crippen LogP contribution in [0.2, 0.25) is 0 Å². The van der Waals surface area contributed by atoms with Gasteiger partial charge in [0.2, 0.25) is 0 Å². The lowest BCUT2D eigenvalue weighted by atomic mass is 9.74. The van der Waals surface area contributed by atoms with Gasteiger partial charge in [-0.3, -0.25) is 9.78 Å². The van der Waals surface area contributed by atoms with Gasteiger partial charge in [0.1, 0.15) is 0 Å². The summed E-state index contributed by atoms with van der Waals surface area (Å²) in [4.78, 5) is 17.2. The fraction of sp³-hybridized carbons (Fsp3) is 0.158. The van der Waals surface area contributed by atoms with Gasteiger partial charge in [0.25, 0.3) is 0 Å². The third kappa shape index (κ3) is 1.95. The Balaban J connectivity index is 1.71. The summed E-state index contributed by atoms with van der Waals surface area (Å²) in [6, 6.07) is 18.0. The second-order valence-electron chi connectivity index (χ2n) is 5.68. The van der Waals surface area contributed by atoms with Gasteiger partial charge in [-0.05, 0) is 48.7 Å². The molecule has 0 aliphatic heterocycles. The number of fused-ring (bicyclic) bond motifs is 2. The van der Waals surface area contributed by atoms with Crippen molar-refractivity contribution in [2.45, 2.75) is 19.3 Å². The first kappa shape index (κ1) is 12.3. The van der Waals surface area contributed by atoms with Gasteiger partial charge in [-0.1, -0.05) is 30.3 Å². The van der Waals surface area contributed by atoms with Crippen LogP contribution in [-0.4, -0.2) is 10.8 Å². The molecule has 1 unspecified atom stereocenters. The van der Waals surface area contributed by atoms with Gasteiger partial charge in [-0.2, -0.15) is 0 Å². The molecule has 3 aromatic rings. The number of aryl methyl sites for hydroxylation is 1. The Labute approximate surface area is 123 Å². The summed E-state index contributed by atoms with van der Waals surface area (Å²) < 4.78 is 0. The number of ketones is 1. The van der Waals surface area contributed by atoms with Crippen LogP contribution in [0.5, 0.6) is 0 Å². The standard InChI is InChI=1S/C19H15NO/c1-12-6-7-14-10-15(8-9-18(14)20-12)19(21)17-11-13-4-2-3-5-16(13)17/h2-10,17H,11H2,1H3. The molecule has 21 heavy (non-hydrogen) atoms. The maximum absolute atomic E-state index is 12.7. The third-order valence-corrected chi connectivity index (χ3v) is 4.28. The van der Waals surface area contributed by atoms with Gasteiger partial charge < -0.3 is 0 Å². The molecular weight excluding hydrogens is 258 g/mol. The summed E-state index contributed by atoms with van der Waals surface area (Å²) in [5, 5.41) is 1.03. The summed E-state index contributed by atoms with van der Waals surface area (Å²) in [5.41, 5.74) is 5.21.